The molecule has 2 atom stereocenters. The van der Waals surface area contributed by atoms with Gasteiger partial charge in [-0.2, -0.15) is 0 Å². The molecule has 0 bridgehead atoms. The minimum absolute atomic E-state index is 0.0563. The summed E-state index contributed by atoms with van der Waals surface area (Å²) in [6.07, 6.45) is 2.84. The maximum atomic E-state index is 13.6. The van der Waals surface area contributed by atoms with E-state index in [0.29, 0.717) is 17.6 Å². The molecule has 2 saturated carbocycles. The Labute approximate surface area is 144 Å². The van der Waals surface area contributed by atoms with Crippen molar-refractivity contribution in [2.45, 2.75) is 44.7 Å². The van der Waals surface area contributed by atoms with Crippen LogP contribution in [0, 0.1) is 17.6 Å². The van der Waals surface area contributed by atoms with Gasteiger partial charge in [-0.3, -0.25) is 4.79 Å². The molecule has 4 nitrogen and oxygen atoms in total. The summed E-state index contributed by atoms with van der Waals surface area (Å²) in [6, 6.07) is 5.60. The second-order valence-electron chi connectivity index (χ2n) is 7.08. The molecule has 2 aliphatic carbocycles. The fraction of sp³-hybridized carbons (Fsp3) is 0.421. The van der Waals surface area contributed by atoms with Crippen molar-refractivity contribution in [1.29, 1.82) is 0 Å². The number of hydrogen-bond donors (Lipinski definition) is 1. The largest absolute Gasteiger partial charge is 0.503 e. The predicted octanol–water partition coefficient (Wildman–Crippen LogP) is 4.19. The van der Waals surface area contributed by atoms with Crippen LogP contribution in [-0.2, 0) is 6.54 Å². The van der Waals surface area contributed by atoms with Crippen LogP contribution in [0.5, 0.6) is 5.75 Å². The predicted molar refractivity (Wildman–Crippen MR) is 86.1 cm³/mol. The summed E-state index contributed by atoms with van der Waals surface area (Å²) >= 11 is 0. The molecular formula is C19H19F2NO3. The fourth-order valence-electron chi connectivity index (χ4n) is 3.17. The van der Waals surface area contributed by atoms with Crippen LogP contribution in [0.4, 0.5) is 8.78 Å². The standard InChI is InChI=1S/C19H19F2NO3/c1-10-6-14(10)17-5-4-13(25-17)9-22(12-2-3-12)19(24)11-7-15(20)18(23)16(21)8-11/h4-5,7-8,10,12,14,23H,2-3,6,9H2,1H3/t10-,14+/m1/s1. The van der Waals surface area contributed by atoms with E-state index in [0.717, 1.165) is 37.2 Å². The van der Waals surface area contributed by atoms with Crippen molar-refractivity contribution >= 4 is 5.91 Å². The van der Waals surface area contributed by atoms with Crippen LogP contribution in [0.2, 0.25) is 0 Å². The van der Waals surface area contributed by atoms with Gasteiger partial charge in [0.05, 0.1) is 6.54 Å². The third-order valence-electron chi connectivity index (χ3n) is 5.00. The summed E-state index contributed by atoms with van der Waals surface area (Å²) in [7, 11) is 0. The fourth-order valence-corrected chi connectivity index (χ4v) is 3.17. The first-order valence-electron chi connectivity index (χ1n) is 8.51. The Morgan fingerprint density at radius 2 is 1.92 bits per heavy atom. The van der Waals surface area contributed by atoms with Gasteiger partial charge in [-0.1, -0.05) is 6.92 Å². The molecule has 2 aliphatic rings. The molecule has 0 saturated heterocycles. The first kappa shape index (κ1) is 16.1. The van der Waals surface area contributed by atoms with Gasteiger partial charge in [0, 0.05) is 17.5 Å². The monoisotopic (exact) mass is 347 g/mol. The normalized spacial score (nSPS) is 22.0. The summed E-state index contributed by atoms with van der Waals surface area (Å²) in [5.74, 6) is -1.10. The average Bonchev–Trinajstić information content (AvgIpc) is 3.50. The number of rotatable bonds is 5. The number of furan rings is 1. The number of carbonyl (C=O) groups is 1. The van der Waals surface area contributed by atoms with Crippen molar-refractivity contribution in [1.82, 2.24) is 4.90 Å². The molecule has 2 aromatic rings. The Bertz CT molecular complexity index is 805. The molecule has 0 aliphatic heterocycles. The van der Waals surface area contributed by atoms with Gasteiger partial charge in [0.1, 0.15) is 11.5 Å². The zero-order valence-corrected chi connectivity index (χ0v) is 13.8. The van der Waals surface area contributed by atoms with Crippen LogP contribution >= 0.6 is 0 Å². The molecule has 0 spiro atoms. The second kappa shape index (κ2) is 5.86. The minimum Gasteiger partial charge on any atom is -0.503 e. The molecule has 25 heavy (non-hydrogen) atoms. The first-order valence-corrected chi connectivity index (χ1v) is 8.51. The van der Waals surface area contributed by atoms with E-state index in [1.807, 2.05) is 12.1 Å². The number of aromatic hydroxyl groups is 1. The molecule has 2 fully saturated rings. The van der Waals surface area contributed by atoms with Gasteiger partial charge in [-0.25, -0.2) is 8.78 Å². The lowest BCUT2D eigenvalue weighted by Gasteiger charge is -2.21. The molecule has 1 aromatic heterocycles. The molecule has 1 heterocycles. The van der Waals surface area contributed by atoms with Crippen LogP contribution in [0.25, 0.3) is 0 Å². The molecule has 0 radical (unpaired) electrons. The molecule has 6 heteroatoms. The van der Waals surface area contributed by atoms with Gasteiger partial charge in [-0.05, 0) is 49.4 Å². The first-order chi connectivity index (χ1) is 11.9. The van der Waals surface area contributed by atoms with Gasteiger partial charge in [-0.15, -0.1) is 0 Å². The van der Waals surface area contributed by atoms with Crippen molar-refractivity contribution in [2.24, 2.45) is 5.92 Å². The zero-order chi connectivity index (χ0) is 17.7. The zero-order valence-electron chi connectivity index (χ0n) is 13.8. The Kier molecular flexibility index (Phi) is 3.78. The van der Waals surface area contributed by atoms with Crippen molar-refractivity contribution in [2.75, 3.05) is 0 Å². The van der Waals surface area contributed by atoms with Crippen molar-refractivity contribution in [3.63, 3.8) is 0 Å². The van der Waals surface area contributed by atoms with E-state index < -0.39 is 23.3 Å². The average molecular weight is 347 g/mol. The van der Waals surface area contributed by atoms with E-state index in [1.54, 1.807) is 4.90 Å². The van der Waals surface area contributed by atoms with Crippen molar-refractivity contribution in [3.05, 3.63) is 53.0 Å². The van der Waals surface area contributed by atoms with Crippen LogP contribution in [-0.4, -0.2) is 22.0 Å². The molecular weight excluding hydrogens is 328 g/mol. The third kappa shape index (κ3) is 3.13. The van der Waals surface area contributed by atoms with Crippen LogP contribution < -0.4 is 0 Å². The lowest BCUT2D eigenvalue weighted by Crippen LogP contribution is -2.32. The summed E-state index contributed by atoms with van der Waals surface area (Å²) in [4.78, 5) is 14.3. The van der Waals surface area contributed by atoms with Crippen LogP contribution in [0.3, 0.4) is 0 Å². The van der Waals surface area contributed by atoms with E-state index in [2.05, 4.69) is 6.92 Å². The highest BCUT2D eigenvalue weighted by atomic mass is 19.1. The smallest absolute Gasteiger partial charge is 0.254 e. The maximum Gasteiger partial charge on any atom is 0.254 e. The van der Waals surface area contributed by atoms with Crippen LogP contribution in [0.1, 0.15) is 54.0 Å². The number of phenolic OH excluding ortho intramolecular Hbond substituents is 1. The Balaban J connectivity index is 1.55. The lowest BCUT2D eigenvalue weighted by atomic mass is 10.1. The Hall–Kier alpha value is -2.37. The van der Waals surface area contributed by atoms with E-state index >= 15 is 0 Å². The van der Waals surface area contributed by atoms with Crippen molar-refractivity contribution < 1.29 is 23.1 Å². The van der Waals surface area contributed by atoms with Gasteiger partial charge in [0.2, 0.25) is 0 Å². The minimum atomic E-state index is -1.14. The van der Waals surface area contributed by atoms with Gasteiger partial charge in [0.15, 0.2) is 17.4 Å². The quantitative estimate of drug-likeness (QED) is 0.882. The molecule has 0 unspecified atom stereocenters. The Morgan fingerprint density at radius 1 is 1.28 bits per heavy atom. The maximum absolute atomic E-state index is 13.6. The van der Waals surface area contributed by atoms with E-state index in [4.69, 9.17) is 4.42 Å². The van der Waals surface area contributed by atoms with Gasteiger partial charge >= 0.3 is 0 Å². The van der Waals surface area contributed by atoms with E-state index in [-0.39, 0.29) is 18.2 Å². The van der Waals surface area contributed by atoms with Crippen molar-refractivity contribution in [3.8, 4) is 5.75 Å². The number of hydrogen-bond acceptors (Lipinski definition) is 3. The topological polar surface area (TPSA) is 53.7 Å². The van der Waals surface area contributed by atoms with Gasteiger partial charge < -0.3 is 14.4 Å². The number of amides is 1. The van der Waals surface area contributed by atoms with E-state index in [9.17, 15) is 18.7 Å². The van der Waals surface area contributed by atoms with Gasteiger partial charge in [0.25, 0.3) is 5.91 Å². The molecule has 4 rings (SSSR count). The SMILES string of the molecule is C[C@@H]1C[C@@H]1c1ccc(CN(C(=O)c2cc(F)c(O)c(F)c2)C2CC2)o1. The van der Waals surface area contributed by atoms with Crippen LogP contribution in [0.15, 0.2) is 28.7 Å². The number of nitrogens with zero attached hydrogens (tertiary/aromatic N) is 1. The lowest BCUT2D eigenvalue weighted by molar-refractivity contribution is 0.0715. The molecule has 132 valence electrons. The highest BCUT2D eigenvalue weighted by Gasteiger charge is 2.38. The summed E-state index contributed by atoms with van der Waals surface area (Å²) < 4.78 is 33.0. The summed E-state index contributed by atoms with van der Waals surface area (Å²) in [5, 5.41) is 9.20. The summed E-state index contributed by atoms with van der Waals surface area (Å²) in [5.41, 5.74) is -0.109. The number of halogens is 2. The molecule has 1 amide bonds. The number of carbonyl (C=O) groups excluding carboxylic acids is 1. The Morgan fingerprint density at radius 3 is 2.48 bits per heavy atom. The highest BCUT2D eigenvalue weighted by Crippen LogP contribution is 2.47. The highest BCUT2D eigenvalue weighted by molar-refractivity contribution is 5.94. The number of benzene rings is 1. The second-order valence-corrected chi connectivity index (χ2v) is 7.08. The number of phenols is 1. The summed E-state index contributed by atoms with van der Waals surface area (Å²) in [6.45, 7) is 2.44. The molecule has 1 aromatic carbocycles. The third-order valence-corrected chi connectivity index (χ3v) is 5.00. The molecule has 1 N–H and O–H groups in total. The van der Waals surface area contributed by atoms with E-state index in [1.165, 1.54) is 0 Å².